The largest absolute Gasteiger partial charge is 0.321 e. The van der Waals surface area contributed by atoms with Crippen molar-refractivity contribution in [2.75, 3.05) is 16.4 Å². The molecule has 3 aromatic carbocycles. The predicted octanol–water partition coefficient (Wildman–Crippen LogP) is 5.88. The number of anilines is 2. The summed E-state index contributed by atoms with van der Waals surface area (Å²) in [5.41, 5.74) is 1.67. The highest BCUT2D eigenvalue weighted by atomic mass is 35.5. The predicted molar refractivity (Wildman–Crippen MR) is 152 cm³/mol. The maximum Gasteiger partial charge on any atom is 0.272 e. The fourth-order valence-electron chi connectivity index (χ4n) is 3.30. The van der Waals surface area contributed by atoms with Crippen molar-refractivity contribution in [3.8, 4) is 0 Å². The summed E-state index contributed by atoms with van der Waals surface area (Å²) in [4.78, 5) is 43.0. The van der Waals surface area contributed by atoms with Gasteiger partial charge in [0, 0.05) is 27.4 Å². The second-order valence-electron chi connectivity index (χ2n) is 7.96. The summed E-state index contributed by atoms with van der Waals surface area (Å²) in [5.74, 6) is -0.373. The molecule has 0 aliphatic carbocycles. The van der Waals surface area contributed by atoms with Crippen molar-refractivity contribution in [3.63, 3.8) is 0 Å². The second-order valence-corrected chi connectivity index (χ2v) is 9.45. The van der Waals surface area contributed by atoms with Gasteiger partial charge in [-0.15, -0.1) is 11.8 Å². The number of rotatable bonds is 9. The Bertz CT molecular complexity index is 1450. The third kappa shape index (κ3) is 8.06. The van der Waals surface area contributed by atoms with Gasteiger partial charge in [-0.2, -0.15) is 0 Å². The summed E-state index contributed by atoms with van der Waals surface area (Å²) in [5, 5.41) is 8.75. The molecule has 0 unspecified atom stereocenters. The quantitative estimate of drug-likeness (QED) is 0.181. The van der Waals surface area contributed by atoms with Crippen LogP contribution < -0.4 is 16.0 Å². The molecule has 0 spiro atoms. The average Bonchev–Trinajstić information content (AvgIpc) is 2.93. The zero-order valence-corrected chi connectivity index (χ0v) is 21.6. The van der Waals surface area contributed by atoms with Crippen LogP contribution in [0.2, 0.25) is 5.02 Å². The summed E-state index contributed by atoms with van der Waals surface area (Å²) < 4.78 is 0. The van der Waals surface area contributed by atoms with E-state index in [1.54, 1.807) is 109 Å². The number of pyridine rings is 1. The van der Waals surface area contributed by atoms with Crippen molar-refractivity contribution in [3.05, 3.63) is 125 Å². The van der Waals surface area contributed by atoms with Crippen molar-refractivity contribution >= 4 is 58.7 Å². The second kappa shape index (κ2) is 13.2. The highest BCUT2D eigenvalue weighted by molar-refractivity contribution is 8.00. The zero-order chi connectivity index (χ0) is 26.7. The van der Waals surface area contributed by atoms with Crippen molar-refractivity contribution in [1.82, 2.24) is 10.3 Å². The molecule has 4 aromatic rings. The van der Waals surface area contributed by atoms with Crippen molar-refractivity contribution in [1.29, 1.82) is 0 Å². The van der Waals surface area contributed by atoms with Crippen LogP contribution >= 0.6 is 23.4 Å². The van der Waals surface area contributed by atoms with Crippen molar-refractivity contribution in [2.24, 2.45) is 0 Å². The SMILES string of the molecule is O=C(CSc1ccc(NC(=O)/C(=C/c2cccc(Cl)c2)NC(=O)c2ccccc2)cc1)Nc1ccccn1. The van der Waals surface area contributed by atoms with Crippen LogP contribution in [0, 0.1) is 0 Å². The highest BCUT2D eigenvalue weighted by Crippen LogP contribution is 2.21. The highest BCUT2D eigenvalue weighted by Gasteiger charge is 2.15. The van der Waals surface area contributed by atoms with Gasteiger partial charge in [-0.05, 0) is 72.3 Å². The van der Waals surface area contributed by atoms with E-state index in [0.717, 1.165) is 4.90 Å². The van der Waals surface area contributed by atoms with Crippen LogP contribution in [0.1, 0.15) is 15.9 Å². The Labute approximate surface area is 229 Å². The molecule has 1 aromatic heterocycles. The number of nitrogens with zero attached hydrogens (tertiary/aromatic N) is 1. The monoisotopic (exact) mass is 542 g/mol. The Morgan fingerprint density at radius 2 is 1.61 bits per heavy atom. The lowest BCUT2D eigenvalue weighted by Gasteiger charge is -2.12. The third-order valence-corrected chi connectivity index (χ3v) is 6.35. The molecule has 4 rings (SSSR count). The lowest BCUT2D eigenvalue weighted by molar-refractivity contribution is -0.114. The molecule has 0 fully saturated rings. The fourth-order valence-corrected chi connectivity index (χ4v) is 4.20. The van der Waals surface area contributed by atoms with E-state index < -0.39 is 11.8 Å². The van der Waals surface area contributed by atoms with Gasteiger partial charge in [-0.3, -0.25) is 14.4 Å². The molecule has 0 aliphatic rings. The zero-order valence-electron chi connectivity index (χ0n) is 20.1. The van der Waals surface area contributed by atoms with Gasteiger partial charge in [0.2, 0.25) is 5.91 Å². The molecular weight excluding hydrogens is 520 g/mol. The maximum absolute atomic E-state index is 13.2. The molecule has 1 heterocycles. The van der Waals surface area contributed by atoms with E-state index >= 15 is 0 Å². The Balaban J connectivity index is 1.41. The number of amides is 3. The van der Waals surface area contributed by atoms with E-state index in [-0.39, 0.29) is 17.4 Å². The van der Waals surface area contributed by atoms with Gasteiger partial charge in [0.25, 0.3) is 11.8 Å². The molecule has 0 bridgehead atoms. The molecule has 38 heavy (non-hydrogen) atoms. The normalized spacial score (nSPS) is 10.9. The van der Waals surface area contributed by atoms with Gasteiger partial charge in [-0.1, -0.05) is 48.0 Å². The summed E-state index contributed by atoms with van der Waals surface area (Å²) >= 11 is 7.45. The Morgan fingerprint density at radius 1 is 0.842 bits per heavy atom. The molecule has 0 saturated heterocycles. The van der Waals surface area contributed by atoms with Gasteiger partial charge in [-0.25, -0.2) is 4.98 Å². The van der Waals surface area contributed by atoms with Crippen LogP contribution in [0.5, 0.6) is 0 Å². The van der Waals surface area contributed by atoms with Crippen LogP contribution in [-0.4, -0.2) is 28.5 Å². The Hall–Kier alpha value is -4.40. The Kier molecular flexibility index (Phi) is 9.28. The van der Waals surface area contributed by atoms with Crippen molar-refractivity contribution in [2.45, 2.75) is 4.90 Å². The molecule has 0 atom stereocenters. The molecule has 9 heteroatoms. The Morgan fingerprint density at radius 3 is 2.32 bits per heavy atom. The number of carbonyl (C=O) groups excluding carboxylic acids is 3. The minimum Gasteiger partial charge on any atom is -0.321 e. The molecule has 7 nitrogen and oxygen atoms in total. The summed E-state index contributed by atoms with van der Waals surface area (Å²) in [6.07, 6.45) is 3.17. The van der Waals surface area contributed by atoms with Gasteiger partial charge < -0.3 is 16.0 Å². The van der Waals surface area contributed by atoms with Crippen LogP contribution in [0.25, 0.3) is 6.08 Å². The first kappa shape index (κ1) is 26.7. The van der Waals surface area contributed by atoms with E-state index in [2.05, 4.69) is 20.9 Å². The van der Waals surface area contributed by atoms with E-state index in [9.17, 15) is 14.4 Å². The topological polar surface area (TPSA) is 100 Å². The first-order valence-corrected chi connectivity index (χ1v) is 12.9. The standard InChI is InChI=1S/C29H23ClN4O3S/c30-22-10-6-7-20(17-22)18-25(33-28(36)21-8-2-1-3-9-21)29(37)32-23-12-14-24(15-13-23)38-19-27(35)34-26-11-4-5-16-31-26/h1-18H,19H2,(H,32,37)(H,33,36)(H,31,34,35)/b25-18-. The number of thioether (sulfide) groups is 1. The number of benzene rings is 3. The maximum atomic E-state index is 13.2. The van der Waals surface area contributed by atoms with Crippen molar-refractivity contribution < 1.29 is 14.4 Å². The average molecular weight is 543 g/mol. The lowest BCUT2D eigenvalue weighted by Crippen LogP contribution is -2.30. The summed E-state index contributed by atoms with van der Waals surface area (Å²) in [6.45, 7) is 0. The number of hydrogen-bond donors (Lipinski definition) is 3. The lowest BCUT2D eigenvalue weighted by atomic mass is 10.1. The molecule has 0 saturated carbocycles. The molecular formula is C29H23ClN4O3S. The van der Waals surface area contributed by atoms with Crippen LogP contribution in [0.15, 0.2) is 114 Å². The van der Waals surface area contributed by atoms with E-state index in [4.69, 9.17) is 11.6 Å². The number of halogens is 1. The third-order valence-electron chi connectivity index (χ3n) is 5.10. The van der Waals surface area contributed by atoms with Gasteiger partial charge >= 0.3 is 0 Å². The molecule has 3 amide bonds. The van der Waals surface area contributed by atoms with Crippen LogP contribution in [0.4, 0.5) is 11.5 Å². The van der Waals surface area contributed by atoms with E-state index in [1.165, 1.54) is 11.8 Å². The first-order chi connectivity index (χ1) is 18.5. The number of carbonyl (C=O) groups is 3. The smallest absolute Gasteiger partial charge is 0.272 e. The van der Waals surface area contributed by atoms with E-state index in [1.807, 2.05) is 0 Å². The van der Waals surface area contributed by atoms with E-state index in [0.29, 0.717) is 27.7 Å². The van der Waals surface area contributed by atoms with Crippen LogP contribution in [-0.2, 0) is 9.59 Å². The van der Waals surface area contributed by atoms with Gasteiger partial charge in [0.05, 0.1) is 5.75 Å². The summed E-state index contributed by atoms with van der Waals surface area (Å²) in [7, 11) is 0. The van der Waals surface area contributed by atoms with Crippen LogP contribution in [0.3, 0.4) is 0 Å². The van der Waals surface area contributed by atoms with Gasteiger partial charge in [0.1, 0.15) is 11.5 Å². The first-order valence-electron chi connectivity index (χ1n) is 11.5. The molecule has 190 valence electrons. The van der Waals surface area contributed by atoms with Gasteiger partial charge in [0.15, 0.2) is 0 Å². The number of hydrogen-bond acceptors (Lipinski definition) is 5. The fraction of sp³-hybridized carbons (Fsp3) is 0.0345. The minimum absolute atomic E-state index is 0.0609. The summed E-state index contributed by atoms with van der Waals surface area (Å²) in [6, 6.07) is 27.9. The minimum atomic E-state index is -0.496. The molecule has 0 aliphatic heterocycles. The molecule has 0 radical (unpaired) electrons. The number of nitrogens with one attached hydrogen (secondary N) is 3. The number of aromatic nitrogens is 1. The molecule has 3 N–H and O–H groups in total.